The minimum atomic E-state index is -1.15. The standard InChI is InChI=1S/C12H14ClNO4/c1-7-3-4-8(5-9(7)13)11(15)14-10(6-18-2)12(16)17/h3-5,10H,6H2,1-2H3,(H,14,15)(H,16,17). The summed E-state index contributed by atoms with van der Waals surface area (Å²) in [6.45, 7) is 1.72. The first-order valence-corrected chi connectivity index (χ1v) is 5.62. The zero-order chi connectivity index (χ0) is 13.7. The van der Waals surface area contributed by atoms with E-state index in [0.717, 1.165) is 5.56 Å². The highest BCUT2D eigenvalue weighted by Gasteiger charge is 2.20. The van der Waals surface area contributed by atoms with Crippen LogP contribution >= 0.6 is 11.6 Å². The Morgan fingerprint density at radius 1 is 1.50 bits per heavy atom. The molecule has 0 aliphatic carbocycles. The summed E-state index contributed by atoms with van der Waals surface area (Å²) in [5.41, 5.74) is 1.16. The van der Waals surface area contributed by atoms with Gasteiger partial charge in [0.2, 0.25) is 0 Å². The number of hydrogen-bond donors (Lipinski definition) is 2. The maximum atomic E-state index is 11.8. The monoisotopic (exact) mass is 271 g/mol. The molecule has 1 unspecified atom stereocenters. The van der Waals surface area contributed by atoms with E-state index in [0.29, 0.717) is 10.6 Å². The van der Waals surface area contributed by atoms with Gasteiger partial charge in [-0.05, 0) is 24.6 Å². The molecule has 0 fully saturated rings. The van der Waals surface area contributed by atoms with Crippen molar-refractivity contribution in [3.8, 4) is 0 Å². The van der Waals surface area contributed by atoms with Gasteiger partial charge >= 0.3 is 5.97 Å². The van der Waals surface area contributed by atoms with E-state index in [1.807, 2.05) is 6.92 Å². The zero-order valence-electron chi connectivity index (χ0n) is 10.1. The molecule has 0 aliphatic rings. The van der Waals surface area contributed by atoms with Crippen molar-refractivity contribution in [1.29, 1.82) is 0 Å². The Morgan fingerprint density at radius 2 is 2.17 bits per heavy atom. The molecule has 0 aliphatic heterocycles. The van der Waals surface area contributed by atoms with Gasteiger partial charge in [0, 0.05) is 17.7 Å². The van der Waals surface area contributed by atoms with Crippen LogP contribution in [0.3, 0.4) is 0 Å². The first kappa shape index (κ1) is 14.5. The number of halogens is 1. The van der Waals surface area contributed by atoms with Crippen LogP contribution in [0.2, 0.25) is 5.02 Å². The number of carbonyl (C=O) groups is 2. The number of amides is 1. The number of carboxylic acid groups (broad SMARTS) is 1. The number of carboxylic acids is 1. The van der Waals surface area contributed by atoms with Crippen LogP contribution in [0.1, 0.15) is 15.9 Å². The van der Waals surface area contributed by atoms with E-state index in [9.17, 15) is 9.59 Å². The highest BCUT2D eigenvalue weighted by atomic mass is 35.5. The Morgan fingerprint density at radius 3 is 2.67 bits per heavy atom. The highest BCUT2D eigenvalue weighted by Crippen LogP contribution is 2.16. The minimum absolute atomic E-state index is 0.0966. The van der Waals surface area contributed by atoms with Crippen molar-refractivity contribution in [1.82, 2.24) is 5.32 Å². The molecule has 0 radical (unpaired) electrons. The molecule has 5 nitrogen and oxygen atoms in total. The number of hydrogen-bond acceptors (Lipinski definition) is 3. The van der Waals surface area contributed by atoms with Crippen molar-refractivity contribution in [2.45, 2.75) is 13.0 Å². The average Bonchev–Trinajstić information content (AvgIpc) is 2.31. The molecule has 1 atom stereocenters. The molecule has 1 aromatic rings. The molecule has 0 aromatic heterocycles. The molecule has 0 saturated heterocycles. The van der Waals surface area contributed by atoms with Gasteiger partial charge in [0.25, 0.3) is 5.91 Å². The van der Waals surface area contributed by atoms with Crippen molar-refractivity contribution in [3.63, 3.8) is 0 Å². The Bertz CT molecular complexity index is 461. The molecule has 0 spiro atoms. The van der Waals surface area contributed by atoms with Gasteiger partial charge in [-0.1, -0.05) is 17.7 Å². The summed E-state index contributed by atoms with van der Waals surface area (Å²) in [5.74, 6) is -1.65. The Labute approximate surface area is 110 Å². The third-order valence-electron chi connectivity index (χ3n) is 2.37. The largest absolute Gasteiger partial charge is 0.480 e. The average molecular weight is 272 g/mol. The van der Waals surface area contributed by atoms with Crippen LogP contribution in [0.4, 0.5) is 0 Å². The smallest absolute Gasteiger partial charge is 0.328 e. The van der Waals surface area contributed by atoms with Gasteiger partial charge in [-0.2, -0.15) is 0 Å². The Balaban J connectivity index is 2.80. The number of rotatable bonds is 5. The first-order valence-electron chi connectivity index (χ1n) is 5.24. The fraction of sp³-hybridized carbons (Fsp3) is 0.333. The van der Waals surface area contributed by atoms with Gasteiger partial charge in [-0.3, -0.25) is 4.79 Å². The van der Waals surface area contributed by atoms with Crippen LogP contribution in [0.25, 0.3) is 0 Å². The SMILES string of the molecule is COCC(NC(=O)c1ccc(C)c(Cl)c1)C(=O)O. The molecule has 0 bridgehead atoms. The lowest BCUT2D eigenvalue weighted by molar-refractivity contribution is -0.140. The number of benzene rings is 1. The lowest BCUT2D eigenvalue weighted by Gasteiger charge is -2.13. The van der Waals surface area contributed by atoms with Gasteiger partial charge in [0.15, 0.2) is 6.04 Å². The maximum Gasteiger partial charge on any atom is 0.328 e. The number of methoxy groups -OCH3 is 1. The summed E-state index contributed by atoms with van der Waals surface area (Å²) < 4.78 is 4.72. The number of ether oxygens (including phenoxy) is 1. The summed E-state index contributed by atoms with van der Waals surface area (Å²) >= 11 is 5.90. The van der Waals surface area contributed by atoms with Crippen LogP contribution in [0.15, 0.2) is 18.2 Å². The second-order valence-electron chi connectivity index (χ2n) is 3.78. The first-order chi connectivity index (χ1) is 8.45. The molecule has 18 heavy (non-hydrogen) atoms. The molecule has 1 amide bonds. The second kappa shape index (κ2) is 6.37. The third kappa shape index (κ3) is 3.72. The summed E-state index contributed by atoms with van der Waals surface area (Å²) in [7, 11) is 1.37. The number of aryl methyl sites for hydroxylation is 1. The number of nitrogens with one attached hydrogen (secondary N) is 1. The van der Waals surface area contributed by atoms with E-state index in [-0.39, 0.29) is 6.61 Å². The number of carbonyl (C=O) groups excluding carboxylic acids is 1. The van der Waals surface area contributed by atoms with E-state index in [1.54, 1.807) is 12.1 Å². The minimum Gasteiger partial charge on any atom is -0.480 e. The van der Waals surface area contributed by atoms with Crippen LogP contribution in [0, 0.1) is 6.92 Å². The molecule has 98 valence electrons. The fourth-order valence-corrected chi connectivity index (χ4v) is 1.50. The third-order valence-corrected chi connectivity index (χ3v) is 2.78. The normalized spacial score (nSPS) is 11.9. The van der Waals surface area contributed by atoms with Crippen molar-refractivity contribution in [2.24, 2.45) is 0 Å². The quantitative estimate of drug-likeness (QED) is 0.850. The predicted molar refractivity (Wildman–Crippen MR) is 67.0 cm³/mol. The molecule has 0 saturated carbocycles. The zero-order valence-corrected chi connectivity index (χ0v) is 10.8. The van der Waals surface area contributed by atoms with Gasteiger partial charge in [0.05, 0.1) is 6.61 Å². The number of aliphatic carboxylic acids is 1. The summed E-state index contributed by atoms with van der Waals surface area (Å²) in [4.78, 5) is 22.7. The molecule has 6 heteroatoms. The van der Waals surface area contributed by atoms with Crippen LogP contribution < -0.4 is 5.32 Å². The fourth-order valence-electron chi connectivity index (χ4n) is 1.32. The Kier molecular flexibility index (Phi) is 5.12. The van der Waals surface area contributed by atoms with E-state index in [1.165, 1.54) is 13.2 Å². The second-order valence-corrected chi connectivity index (χ2v) is 4.19. The maximum absolute atomic E-state index is 11.8. The topological polar surface area (TPSA) is 75.6 Å². The van der Waals surface area contributed by atoms with Crippen LogP contribution in [0.5, 0.6) is 0 Å². The lowest BCUT2D eigenvalue weighted by Crippen LogP contribution is -2.43. The van der Waals surface area contributed by atoms with Crippen LogP contribution in [-0.2, 0) is 9.53 Å². The van der Waals surface area contributed by atoms with Gasteiger partial charge < -0.3 is 15.2 Å². The molecule has 2 N–H and O–H groups in total. The summed E-state index contributed by atoms with van der Waals surface area (Å²) in [5, 5.41) is 11.7. The van der Waals surface area contributed by atoms with Crippen molar-refractivity contribution < 1.29 is 19.4 Å². The van der Waals surface area contributed by atoms with Crippen molar-refractivity contribution in [2.75, 3.05) is 13.7 Å². The summed E-state index contributed by atoms with van der Waals surface area (Å²) in [6.07, 6.45) is 0. The molecular formula is C12H14ClNO4. The van der Waals surface area contributed by atoms with Gasteiger partial charge in [-0.25, -0.2) is 4.79 Å². The molecule has 1 rings (SSSR count). The van der Waals surface area contributed by atoms with E-state index >= 15 is 0 Å². The van der Waals surface area contributed by atoms with Crippen molar-refractivity contribution in [3.05, 3.63) is 34.3 Å². The Hall–Kier alpha value is -1.59. The highest BCUT2D eigenvalue weighted by molar-refractivity contribution is 6.31. The van der Waals surface area contributed by atoms with E-state index in [4.69, 9.17) is 21.4 Å². The van der Waals surface area contributed by atoms with E-state index < -0.39 is 17.9 Å². The lowest BCUT2D eigenvalue weighted by atomic mass is 10.1. The molecule has 1 aromatic carbocycles. The van der Waals surface area contributed by atoms with E-state index in [2.05, 4.69) is 5.32 Å². The van der Waals surface area contributed by atoms with Crippen molar-refractivity contribution >= 4 is 23.5 Å². The molecular weight excluding hydrogens is 258 g/mol. The van der Waals surface area contributed by atoms with Gasteiger partial charge in [0.1, 0.15) is 0 Å². The summed E-state index contributed by atoms with van der Waals surface area (Å²) in [6, 6.07) is 3.70. The van der Waals surface area contributed by atoms with Gasteiger partial charge in [-0.15, -0.1) is 0 Å². The molecule has 0 heterocycles. The predicted octanol–water partition coefficient (Wildman–Crippen LogP) is 1.48. The van der Waals surface area contributed by atoms with Crippen LogP contribution in [-0.4, -0.2) is 36.7 Å².